The van der Waals surface area contributed by atoms with Crippen LogP contribution < -0.4 is 5.32 Å². The standard InChI is InChI=1S/C14H17BrClNO3/c1-14(2,3)20-13(19)17-12(6-7-18)10-8-9(15)4-5-11(10)16/h4-5,7-8,12H,6H2,1-3H3,(H,17,19)/t12-/m0/s1. The first-order valence-electron chi connectivity index (χ1n) is 6.11. The molecule has 1 atom stereocenters. The van der Waals surface area contributed by atoms with Crippen LogP contribution in [0, 0.1) is 0 Å². The van der Waals surface area contributed by atoms with E-state index in [1.54, 1.807) is 39.0 Å². The van der Waals surface area contributed by atoms with Crippen molar-refractivity contribution in [2.75, 3.05) is 0 Å². The maximum atomic E-state index is 11.8. The zero-order chi connectivity index (χ0) is 15.3. The highest BCUT2D eigenvalue weighted by Crippen LogP contribution is 2.28. The number of halogens is 2. The summed E-state index contributed by atoms with van der Waals surface area (Å²) in [6.45, 7) is 5.31. The first-order chi connectivity index (χ1) is 9.23. The van der Waals surface area contributed by atoms with E-state index in [-0.39, 0.29) is 6.42 Å². The lowest BCUT2D eigenvalue weighted by Gasteiger charge is -2.23. The Morgan fingerprint density at radius 2 is 2.15 bits per heavy atom. The summed E-state index contributed by atoms with van der Waals surface area (Å²) in [4.78, 5) is 22.6. The fourth-order valence-corrected chi connectivity index (χ4v) is 2.22. The lowest BCUT2D eigenvalue weighted by Crippen LogP contribution is -2.35. The molecule has 0 aliphatic rings. The third-order valence-electron chi connectivity index (χ3n) is 2.36. The van der Waals surface area contributed by atoms with Crippen LogP contribution in [0.2, 0.25) is 5.02 Å². The van der Waals surface area contributed by atoms with Crippen molar-refractivity contribution in [2.45, 2.75) is 38.8 Å². The van der Waals surface area contributed by atoms with Crippen molar-refractivity contribution in [1.29, 1.82) is 0 Å². The van der Waals surface area contributed by atoms with Crippen LogP contribution in [-0.4, -0.2) is 18.0 Å². The first kappa shape index (κ1) is 17.0. The van der Waals surface area contributed by atoms with Gasteiger partial charge in [0.2, 0.25) is 0 Å². The number of aldehydes is 1. The normalized spacial score (nSPS) is 12.7. The largest absolute Gasteiger partial charge is 0.444 e. The number of rotatable bonds is 4. The predicted octanol–water partition coefficient (Wildman–Crippen LogP) is 4.26. The molecule has 0 saturated carbocycles. The van der Waals surface area contributed by atoms with Crippen molar-refractivity contribution in [3.05, 3.63) is 33.3 Å². The molecule has 110 valence electrons. The van der Waals surface area contributed by atoms with Gasteiger partial charge in [-0.05, 0) is 44.5 Å². The SMILES string of the molecule is CC(C)(C)OC(=O)N[C@@H](CC=O)c1cc(Br)ccc1Cl. The van der Waals surface area contributed by atoms with Gasteiger partial charge < -0.3 is 14.8 Å². The van der Waals surface area contributed by atoms with Crippen molar-refractivity contribution >= 4 is 39.9 Å². The van der Waals surface area contributed by atoms with Gasteiger partial charge in [-0.15, -0.1) is 0 Å². The highest BCUT2D eigenvalue weighted by Gasteiger charge is 2.22. The molecule has 0 aliphatic heterocycles. The van der Waals surface area contributed by atoms with Crippen LogP contribution in [-0.2, 0) is 9.53 Å². The number of benzene rings is 1. The smallest absolute Gasteiger partial charge is 0.408 e. The Balaban J connectivity index is 2.91. The third kappa shape index (κ3) is 5.51. The fourth-order valence-electron chi connectivity index (χ4n) is 1.59. The lowest BCUT2D eigenvalue weighted by atomic mass is 10.0. The molecule has 1 N–H and O–H groups in total. The molecule has 0 saturated heterocycles. The number of hydrogen-bond acceptors (Lipinski definition) is 3. The molecule has 1 amide bonds. The Hall–Kier alpha value is -1.07. The summed E-state index contributed by atoms with van der Waals surface area (Å²) in [5.74, 6) is 0. The number of carbonyl (C=O) groups is 2. The van der Waals surface area contributed by atoms with E-state index < -0.39 is 17.7 Å². The van der Waals surface area contributed by atoms with Gasteiger partial charge in [0.15, 0.2) is 0 Å². The molecule has 0 aliphatic carbocycles. The van der Waals surface area contributed by atoms with E-state index in [9.17, 15) is 9.59 Å². The average Bonchev–Trinajstić information content (AvgIpc) is 2.29. The molecule has 20 heavy (non-hydrogen) atoms. The summed E-state index contributed by atoms with van der Waals surface area (Å²) in [6, 6.07) is 4.74. The van der Waals surface area contributed by atoms with Crippen molar-refractivity contribution in [3.63, 3.8) is 0 Å². The Bertz CT molecular complexity index is 500. The van der Waals surface area contributed by atoms with Gasteiger partial charge in [0.05, 0.1) is 6.04 Å². The highest BCUT2D eigenvalue weighted by molar-refractivity contribution is 9.10. The minimum absolute atomic E-state index is 0.120. The van der Waals surface area contributed by atoms with Crippen LogP contribution in [0.4, 0.5) is 4.79 Å². The number of carbonyl (C=O) groups excluding carboxylic acids is 2. The molecule has 0 fully saturated rings. The van der Waals surface area contributed by atoms with Gasteiger partial charge in [-0.2, -0.15) is 0 Å². The average molecular weight is 363 g/mol. The van der Waals surface area contributed by atoms with Crippen molar-refractivity contribution in [1.82, 2.24) is 5.32 Å². The van der Waals surface area contributed by atoms with Crippen LogP contribution in [0.25, 0.3) is 0 Å². The molecule has 0 spiro atoms. The second-order valence-electron chi connectivity index (χ2n) is 5.27. The molecule has 0 unspecified atom stereocenters. The second kappa shape index (κ2) is 7.09. The first-order valence-corrected chi connectivity index (χ1v) is 7.28. The van der Waals surface area contributed by atoms with E-state index in [4.69, 9.17) is 16.3 Å². The van der Waals surface area contributed by atoms with E-state index in [2.05, 4.69) is 21.2 Å². The summed E-state index contributed by atoms with van der Waals surface area (Å²) in [5, 5.41) is 3.14. The van der Waals surface area contributed by atoms with Crippen LogP contribution in [0.5, 0.6) is 0 Å². The monoisotopic (exact) mass is 361 g/mol. The molecule has 6 heteroatoms. The van der Waals surface area contributed by atoms with Crippen molar-refractivity contribution in [2.24, 2.45) is 0 Å². The molecule has 4 nitrogen and oxygen atoms in total. The van der Waals surface area contributed by atoms with Crippen molar-refractivity contribution in [3.8, 4) is 0 Å². The molecule has 1 aromatic rings. The Kier molecular flexibility index (Phi) is 6.02. The van der Waals surface area contributed by atoms with Gasteiger partial charge in [0, 0.05) is 15.9 Å². The summed E-state index contributed by atoms with van der Waals surface area (Å²) in [7, 11) is 0. The third-order valence-corrected chi connectivity index (χ3v) is 3.19. The van der Waals surface area contributed by atoms with Gasteiger partial charge in [-0.25, -0.2) is 4.79 Å². The number of amides is 1. The zero-order valence-corrected chi connectivity index (χ0v) is 13.9. The summed E-state index contributed by atoms with van der Waals surface area (Å²) in [5.41, 5.74) is 0.0654. The van der Waals surface area contributed by atoms with Crippen molar-refractivity contribution < 1.29 is 14.3 Å². The maximum Gasteiger partial charge on any atom is 0.408 e. The Morgan fingerprint density at radius 1 is 1.50 bits per heavy atom. The predicted molar refractivity (Wildman–Crippen MR) is 81.9 cm³/mol. The van der Waals surface area contributed by atoms with Gasteiger partial charge in [0.25, 0.3) is 0 Å². The molecule has 0 bridgehead atoms. The fraction of sp³-hybridized carbons (Fsp3) is 0.429. The van der Waals surface area contributed by atoms with Crippen LogP contribution in [0.3, 0.4) is 0 Å². The molecular formula is C14H17BrClNO3. The van der Waals surface area contributed by atoms with E-state index in [1.807, 2.05) is 0 Å². The Morgan fingerprint density at radius 3 is 2.70 bits per heavy atom. The molecule has 1 aromatic carbocycles. The number of ether oxygens (including phenoxy) is 1. The number of hydrogen-bond donors (Lipinski definition) is 1. The number of nitrogens with one attached hydrogen (secondary N) is 1. The Labute approximate surface area is 132 Å². The maximum absolute atomic E-state index is 11.8. The number of alkyl carbamates (subject to hydrolysis) is 1. The molecule has 0 heterocycles. The van der Waals surface area contributed by atoms with Gasteiger partial charge in [0.1, 0.15) is 11.9 Å². The van der Waals surface area contributed by atoms with Gasteiger partial charge in [-0.3, -0.25) is 0 Å². The molecule has 0 radical (unpaired) electrons. The zero-order valence-electron chi connectivity index (χ0n) is 11.6. The summed E-state index contributed by atoms with van der Waals surface area (Å²) >= 11 is 9.45. The quantitative estimate of drug-likeness (QED) is 0.814. The van der Waals surface area contributed by atoms with E-state index in [0.29, 0.717) is 10.6 Å². The van der Waals surface area contributed by atoms with E-state index in [0.717, 1.165) is 10.8 Å². The van der Waals surface area contributed by atoms with E-state index >= 15 is 0 Å². The van der Waals surface area contributed by atoms with Crippen LogP contribution in [0.15, 0.2) is 22.7 Å². The van der Waals surface area contributed by atoms with Crippen LogP contribution in [0.1, 0.15) is 38.8 Å². The van der Waals surface area contributed by atoms with E-state index in [1.165, 1.54) is 0 Å². The minimum atomic E-state index is -0.600. The summed E-state index contributed by atoms with van der Waals surface area (Å²) in [6.07, 6.45) is 0.273. The molecule has 0 aromatic heterocycles. The highest BCUT2D eigenvalue weighted by atomic mass is 79.9. The molecule has 1 rings (SSSR count). The summed E-state index contributed by atoms with van der Waals surface area (Å²) < 4.78 is 6.00. The second-order valence-corrected chi connectivity index (χ2v) is 6.59. The molecular weight excluding hydrogens is 346 g/mol. The topological polar surface area (TPSA) is 55.4 Å². The van der Waals surface area contributed by atoms with Gasteiger partial charge >= 0.3 is 6.09 Å². The lowest BCUT2D eigenvalue weighted by molar-refractivity contribution is -0.108. The van der Waals surface area contributed by atoms with Gasteiger partial charge in [-0.1, -0.05) is 27.5 Å². The minimum Gasteiger partial charge on any atom is -0.444 e. The van der Waals surface area contributed by atoms with Crippen LogP contribution >= 0.6 is 27.5 Å².